The molecular formula is C15H26N2O2. The summed E-state index contributed by atoms with van der Waals surface area (Å²) in [7, 11) is 0. The lowest BCUT2D eigenvalue weighted by atomic mass is 10.0. The van der Waals surface area contributed by atoms with E-state index in [0.29, 0.717) is 6.54 Å². The van der Waals surface area contributed by atoms with Crippen LogP contribution in [0.5, 0.6) is 0 Å². The Morgan fingerprint density at radius 3 is 2.53 bits per heavy atom. The molecule has 4 nitrogen and oxygen atoms in total. The number of hydrogen-bond acceptors (Lipinski definition) is 3. The van der Waals surface area contributed by atoms with Crippen molar-refractivity contribution in [2.75, 3.05) is 13.1 Å². The zero-order chi connectivity index (χ0) is 14.7. The number of rotatable bonds is 2. The summed E-state index contributed by atoms with van der Waals surface area (Å²) >= 11 is 0. The Morgan fingerprint density at radius 1 is 1.37 bits per heavy atom. The van der Waals surface area contributed by atoms with Gasteiger partial charge in [0.1, 0.15) is 5.60 Å². The highest BCUT2D eigenvalue weighted by Gasteiger charge is 2.29. The maximum atomic E-state index is 12.0. The van der Waals surface area contributed by atoms with Gasteiger partial charge in [-0.05, 0) is 47.5 Å². The second kappa shape index (κ2) is 5.83. The number of hydrogen-bond donors (Lipinski definition) is 1. The Morgan fingerprint density at radius 2 is 2.00 bits per heavy atom. The highest BCUT2D eigenvalue weighted by Crippen LogP contribution is 2.17. The van der Waals surface area contributed by atoms with Gasteiger partial charge in [-0.2, -0.15) is 0 Å². The van der Waals surface area contributed by atoms with Crippen molar-refractivity contribution in [1.29, 1.82) is 0 Å². The predicted molar refractivity (Wildman–Crippen MR) is 76.9 cm³/mol. The van der Waals surface area contributed by atoms with E-state index in [2.05, 4.69) is 11.2 Å². The average Bonchev–Trinajstić information content (AvgIpc) is 2.26. The third kappa shape index (κ3) is 5.52. The predicted octanol–water partition coefficient (Wildman–Crippen LogP) is 2.39. The fourth-order valence-electron chi connectivity index (χ4n) is 2.14. The molecular weight excluding hydrogens is 240 g/mol. The molecule has 1 unspecified atom stereocenters. The van der Waals surface area contributed by atoms with Crippen LogP contribution in [-0.2, 0) is 4.74 Å². The quantitative estimate of drug-likeness (QED) is 0.780. The lowest BCUT2D eigenvalue weighted by Gasteiger charge is -2.37. The molecule has 19 heavy (non-hydrogen) atoms. The molecule has 108 valence electrons. The molecule has 1 saturated heterocycles. The van der Waals surface area contributed by atoms with E-state index < -0.39 is 5.60 Å². The summed E-state index contributed by atoms with van der Waals surface area (Å²) < 4.78 is 5.40. The number of nitrogens with one attached hydrogen (secondary N) is 1. The molecule has 1 amide bonds. The minimum absolute atomic E-state index is 0.229. The first-order valence-corrected chi connectivity index (χ1v) is 6.86. The van der Waals surface area contributed by atoms with Gasteiger partial charge in [-0.25, -0.2) is 4.79 Å². The van der Waals surface area contributed by atoms with E-state index in [9.17, 15) is 4.79 Å². The van der Waals surface area contributed by atoms with Gasteiger partial charge in [-0.3, -0.25) is 5.32 Å². The number of nitrogens with zero attached hydrogens (tertiary/aromatic N) is 1. The van der Waals surface area contributed by atoms with Crippen molar-refractivity contribution in [2.45, 2.75) is 64.6 Å². The summed E-state index contributed by atoms with van der Waals surface area (Å²) in [6.45, 7) is 11.0. The third-order valence-corrected chi connectivity index (χ3v) is 3.00. The van der Waals surface area contributed by atoms with Gasteiger partial charge in [0.2, 0.25) is 0 Å². The topological polar surface area (TPSA) is 41.6 Å². The minimum Gasteiger partial charge on any atom is -0.444 e. The molecule has 1 N–H and O–H groups in total. The third-order valence-electron chi connectivity index (χ3n) is 3.00. The Bertz CT molecular complexity index is 363. The van der Waals surface area contributed by atoms with Gasteiger partial charge in [-0.1, -0.05) is 5.92 Å². The SMILES string of the molecule is C#CC(C)(C)NC1CCCN(C(=O)OC(C)(C)C)C1. The largest absolute Gasteiger partial charge is 0.444 e. The number of likely N-dealkylation sites (tertiary alicyclic amines) is 1. The van der Waals surface area contributed by atoms with Crippen molar-refractivity contribution in [2.24, 2.45) is 0 Å². The van der Waals surface area contributed by atoms with E-state index in [1.54, 1.807) is 4.90 Å². The maximum Gasteiger partial charge on any atom is 0.410 e. The number of piperidine rings is 1. The molecule has 1 atom stereocenters. The van der Waals surface area contributed by atoms with E-state index in [-0.39, 0.29) is 17.7 Å². The van der Waals surface area contributed by atoms with Crippen molar-refractivity contribution in [3.8, 4) is 12.3 Å². The normalized spacial score (nSPS) is 20.8. The van der Waals surface area contributed by atoms with Crippen molar-refractivity contribution in [1.82, 2.24) is 10.2 Å². The van der Waals surface area contributed by atoms with Gasteiger partial charge in [0.05, 0.1) is 5.54 Å². The zero-order valence-electron chi connectivity index (χ0n) is 12.7. The Kier molecular flexibility index (Phi) is 4.86. The molecule has 0 aliphatic carbocycles. The molecule has 0 saturated carbocycles. The van der Waals surface area contributed by atoms with Crippen LogP contribution in [0, 0.1) is 12.3 Å². The van der Waals surface area contributed by atoms with Crippen LogP contribution in [0.15, 0.2) is 0 Å². The van der Waals surface area contributed by atoms with Gasteiger partial charge in [0, 0.05) is 19.1 Å². The standard InChI is InChI=1S/C15H26N2O2/c1-7-15(5,6)16-12-9-8-10-17(11-12)13(18)19-14(2,3)4/h1,12,16H,8-11H2,2-6H3. The Balaban J connectivity index is 2.56. The summed E-state index contributed by atoms with van der Waals surface area (Å²) in [6, 6.07) is 0.229. The molecule has 0 spiro atoms. The average molecular weight is 266 g/mol. The molecule has 0 aromatic heterocycles. The molecule has 1 fully saturated rings. The second-order valence-corrected chi connectivity index (χ2v) is 6.68. The molecule has 4 heteroatoms. The highest BCUT2D eigenvalue weighted by atomic mass is 16.6. The number of carbonyl (C=O) groups is 1. The van der Waals surface area contributed by atoms with Gasteiger partial charge in [-0.15, -0.1) is 6.42 Å². The van der Waals surface area contributed by atoms with E-state index in [1.807, 2.05) is 34.6 Å². The molecule has 1 aliphatic heterocycles. The molecule has 1 aliphatic rings. The molecule has 0 radical (unpaired) electrons. The van der Waals surface area contributed by atoms with E-state index in [1.165, 1.54) is 0 Å². The van der Waals surface area contributed by atoms with Crippen molar-refractivity contribution < 1.29 is 9.53 Å². The van der Waals surface area contributed by atoms with E-state index in [0.717, 1.165) is 19.4 Å². The summed E-state index contributed by atoms with van der Waals surface area (Å²) in [5, 5.41) is 3.41. The van der Waals surface area contributed by atoms with Crippen LogP contribution in [0.4, 0.5) is 4.79 Å². The van der Waals surface area contributed by atoms with Gasteiger partial charge >= 0.3 is 6.09 Å². The molecule has 1 rings (SSSR count). The minimum atomic E-state index is -0.449. The summed E-state index contributed by atoms with van der Waals surface area (Å²) in [5.74, 6) is 2.73. The number of amides is 1. The summed E-state index contributed by atoms with van der Waals surface area (Å²) in [5.41, 5.74) is -0.794. The van der Waals surface area contributed by atoms with Crippen LogP contribution in [0.2, 0.25) is 0 Å². The van der Waals surface area contributed by atoms with Crippen LogP contribution in [0.1, 0.15) is 47.5 Å². The van der Waals surface area contributed by atoms with Crippen molar-refractivity contribution in [3.63, 3.8) is 0 Å². The van der Waals surface area contributed by atoms with E-state index in [4.69, 9.17) is 11.2 Å². The Labute approximate surface area is 116 Å². The van der Waals surface area contributed by atoms with Crippen molar-refractivity contribution >= 4 is 6.09 Å². The van der Waals surface area contributed by atoms with Gasteiger partial charge in [0.15, 0.2) is 0 Å². The second-order valence-electron chi connectivity index (χ2n) is 6.68. The maximum absolute atomic E-state index is 12.0. The van der Waals surface area contributed by atoms with Gasteiger partial charge in [0.25, 0.3) is 0 Å². The lowest BCUT2D eigenvalue weighted by Crippen LogP contribution is -2.54. The molecule has 0 aromatic rings. The van der Waals surface area contributed by atoms with Gasteiger partial charge < -0.3 is 9.64 Å². The summed E-state index contributed by atoms with van der Waals surface area (Å²) in [4.78, 5) is 13.8. The first kappa shape index (κ1) is 15.8. The Hall–Kier alpha value is -1.21. The number of terminal acetylenes is 1. The van der Waals surface area contributed by atoms with Crippen LogP contribution < -0.4 is 5.32 Å². The monoisotopic (exact) mass is 266 g/mol. The number of carbonyl (C=O) groups excluding carboxylic acids is 1. The van der Waals surface area contributed by atoms with Crippen LogP contribution in [-0.4, -0.2) is 41.3 Å². The first-order valence-electron chi connectivity index (χ1n) is 6.86. The van der Waals surface area contributed by atoms with Crippen LogP contribution in [0.3, 0.4) is 0 Å². The number of ether oxygens (including phenoxy) is 1. The van der Waals surface area contributed by atoms with E-state index >= 15 is 0 Å². The smallest absolute Gasteiger partial charge is 0.410 e. The fraction of sp³-hybridized carbons (Fsp3) is 0.800. The molecule has 1 heterocycles. The zero-order valence-corrected chi connectivity index (χ0v) is 12.7. The summed E-state index contributed by atoms with van der Waals surface area (Å²) in [6.07, 6.45) is 7.25. The van der Waals surface area contributed by atoms with Crippen LogP contribution in [0.25, 0.3) is 0 Å². The molecule has 0 bridgehead atoms. The van der Waals surface area contributed by atoms with Crippen molar-refractivity contribution in [3.05, 3.63) is 0 Å². The molecule has 0 aromatic carbocycles. The fourth-order valence-corrected chi connectivity index (χ4v) is 2.14. The van der Waals surface area contributed by atoms with Crippen LogP contribution >= 0.6 is 0 Å². The highest BCUT2D eigenvalue weighted by molar-refractivity contribution is 5.68. The lowest BCUT2D eigenvalue weighted by molar-refractivity contribution is 0.0180. The first-order chi connectivity index (χ1) is 8.63.